The monoisotopic (exact) mass is 333 g/mol. The average molecular weight is 333 g/mol. The van der Waals surface area contributed by atoms with Gasteiger partial charge in [0.05, 0.1) is 12.3 Å². The third-order valence-corrected chi connectivity index (χ3v) is 5.47. The Balaban J connectivity index is 1.80. The van der Waals surface area contributed by atoms with Gasteiger partial charge in [0, 0.05) is 58.4 Å². The van der Waals surface area contributed by atoms with Crippen LogP contribution < -0.4 is 4.90 Å². The maximum atomic E-state index is 12.1. The Kier molecular flexibility index (Phi) is 5.01. The second-order valence-electron chi connectivity index (χ2n) is 6.93. The molecule has 3 heterocycles. The summed E-state index contributed by atoms with van der Waals surface area (Å²) in [6.45, 7) is 4.12. The molecule has 1 amide bonds. The Bertz CT molecular complexity index is 596. The fraction of sp³-hybridized carbons (Fsp3) is 0.706. The van der Waals surface area contributed by atoms with E-state index in [-0.39, 0.29) is 11.4 Å². The topological polar surface area (TPSA) is 61.8 Å². The zero-order valence-corrected chi connectivity index (χ0v) is 14.9. The molecule has 1 unspecified atom stereocenters. The van der Waals surface area contributed by atoms with Gasteiger partial charge in [0.25, 0.3) is 0 Å². The Morgan fingerprint density at radius 3 is 2.83 bits per heavy atom. The lowest BCUT2D eigenvalue weighted by Crippen LogP contribution is -2.61. The molecule has 0 aromatic carbocycles. The van der Waals surface area contributed by atoms with Gasteiger partial charge in [0.2, 0.25) is 5.91 Å². The van der Waals surface area contributed by atoms with Crippen LogP contribution in [0.1, 0.15) is 25.0 Å². The maximum Gasteiger partial charge on any atom is 0.222 e. The standard InChI is InChI=1S/C17H27N5O2/c1-20-7-6-17(5-4-16(20)23)12-22(9-8-21(17)2)15-10-14(11-24-3)18-13-19-15/h10,13H,4-9,11-12H2,1-3H3. The zero-order chi connectivity index (χ0) is 17.2. The molecule has 2 saturated heterocycles. The van der Waals surface area contributed by atoms with Crippen molar-refractivity contribution in [3.8, 4) is 0 Å². The second kappa shape index (κ2) is 7.03. The van der Waals surface area contributed by atoms with Crippen LogP contribution in [0, 0.1) is 0 Å². The molecule has 0 radical (unpaired) electrons. The van der Waals surface area contributed by atoms with Crippen LogP contribution in [0.3, 0.4) is 0 Å². The molecule has 0 saturated carbocycles. The highest BCUT2D eigenvalue weighted by Crippen LogP contribution is 2.33. The number of carbonyl (C=O) groups excluding carboxylic acids is 1. The van der Waals surface area contributed by atoms with Crippen LogP contribution >= 0.6 is 0 Å². The Morgan fingerprint density at radius 1 is 1.21 bits per heavy atom. The highest BCUT2D eigenvalue weighted by atomic mass is 16.5. The van der Waals surface area contributed by atoms with E-state index in [9.17, 15) is 4.79 Å². The summed E-state index contributed by atoms with van der Waals surface area (Å²) in [5, 5.41) is 0. The van der Waals surface area contributed by atoms with Crippen molar-refractivity contribution >= 4 is 11.7 Å². The third-order valence-electron chi connectivity index (χ3n) is 5.47. The number of piperazine rings is 1. The molecule has 132 valence electrons. The highest BCUT2D eigenvalue weighted by Gasteiger charge is 2.42. The number of amides is 1. The van der Waals surface area contributed by atoms with Crippen molar-refractivity contribution in [3.05, 3.63) is 18.1 Å². The number of nitrogens with zero attached hydrogens (tertiary/aromatic N) is 5. The molecule has 2 fully saturated rings. The van der Waals surface area contributed by atoms with Crippen LogP contribution in [0.15, 0.2) is 12.4 Å². The lowest BCUT2D eigenvalue weighted by atomic mass is 9.86. The smallest absolute Gasteiger partial charge is 0.222 e. The average Bonchev–Trinajstić information content (AvgIpc) is 2.73. The number of likely N-dealkylation sites (N-methyl/N-ethyl adjacent to an activating group) is 1. The molecular formula is C17H27N5O2. The summed E-state index contributed by atoms with van der Waals surface area (Å²) in [4.78, 5) is 27.4. The molecule has 7 nitrogen and oxygen atoms in total. The van der Waals surface area contributed by atoms with Gasteiger partial charge in [-0.3, -0.25) is 9.69 Å². The predicted octanol–water partition coefficient (Wildman–Crippen LogP) is 0.756. The third kappa shape index (κ3) is 3.37. The van der Waals surface area contributed by atoms with Gasteiger partial charge in [0.15, 0.2) is 0 Å². The van der Waals surface area contributed by atoms with Gasteiger partial charge in [0.1, 0.15) is 12.1 Å². The van der Waals surface area contributed by atoms with Crippen molar-refractivity contribution in [2.45, 2.75) is 31.4 Å². The van der Waals surface area contributed by atoms with E-state index in [0.717, 1.165) is 50.5 Å². The number of hydrogen-bond acceptors (Lipinski definition) is 6. The number of carbonyl (C=O) groups is 1. The SMILES string of the molecule is COCc1cc(N2CCN(C)C3(CCC(=O)N(C)CC3)C2)ncn1. The van der Waals surface area contributed by atoms with Crippen LogP contribution in [-0.2, 0) is 16.1 Å². The van der Waals surface area contributed by atoms with Gasteiger partial charge in [-0.15, -0.1) is 0 Å². The molecule has 2 aliphatic rings. The summed E-state index contributed by atoms with van der Waals surface area (Å²) in [5.74, 6) is 1.20. The van der Waals surface area contributed by atoms with Gasteiger partial charge in [-0.05, 0) is 19.9 Å². The van der Waals surface area contributed by atoms with Crippen LogP contribution in [0.5, 0.6) is 0 Å². The van der Waals surface area contributed by atoms with Crippen molar-refractivity contribution in [3.63, 3.8) is 0 Å². The number of ether oxygens (including phenoxy) is 1. The van der Waals surface area contributed by atoms with E-state index in [1.54, 1.807) is 13.4 Å². The van der Waals surface area contributed by atoms with Gasteiger partial charge in [-0.1, -0.05) is 0 Å². The number of likely N-dealkylation sites (tertiary alicyclic amines) is 1. The molecular weight excluding hydrogens is 306 g/mol. The van der Waals surface area contributed by atoms with Crippen molar-refractivity contribution in [2.75, 3.05) is 52.3 Å². The molecule has 7 heteroatoms. The largest absolute Gasteiger partial charge is 0.378 e. The van der Waals surface area contributed by atoms with E-state index in [1.165, 1.54) is 0 Å². The first kappa shape index (κ1) is 17.1. The Labute approximate surface area is 143 Å². The van der Waals surface area contributed by atoms with Gasteiger partial charge in [-0.25, -0.2) is 9.97 Å². The fourth-order valence-corrected chi connectivity index (χ4v) is 3.74. The molecule has 2 aliphatic heterocycles. The summed E-state index contributed by atoms with van der Waals surface area (Å²) in [7, 11) is 5.76. The number of methoxy groups -OCH3 is 1. The molecule has 0 bridgehead atoms. The van der Waals surface area contributed by atoms with Crippen molar-refractivity contribution in [1.29, 1.82) is 0 Å². The molecule has 1 aromatic rings. The maximum absolute atomic E-state index is 12.1. The van der Waals surface area contributed by atoms with Gasteiger partial charge >= 0.3 is 0 Å². The predicted molar refractivity (Wildman–Crippen MR) is 91.8 cm³/mol. The molecule has 0 aliphatic carbocycles. The number of rotatable bonds is 3. The number of anilines is 1. The minimum Gasteiger partial charge on any atom is -0.378 e. The van der Waals surface area contributed by atoms with E-state index in [4.69, 9.17) is 4.74 Å². The fourth-order valence-electron chi connectivity index (χ4n) is 3.74. The van der Waals surface area contributed by atoms with E-state index >= 15 is 0 Å². The van der Waals surface area contributed by atoms with Crippen LogP contribution in [0.4, 0.5) is 5.82 Å². The van der Waals surface area contributed by atoms with Gasteiger partial charge in [-0.2, -0.15) is 0 Å². The molecule has 3 rings (SSSR count). The van der Waals surface area contributed by atoms with E-state index in [1.807, 2.05) is 18.0 Å². The summed E-state index contributed by atoms with van der Waals surface area (Å²) >= 11 is 0. The van der Waals surface area contributed by atoms with Crippen molar-refractivity contribution < 1.29 is 9.53 Å². The van der Waals surface area contributed by atoms with Crippen LogP contribution in [-0.4, -0.2) is 78.6 Å². The first-order chi connectivity index (χ1) is 11.5. The minimum absolute atomic E-state index is 0.0328. The van der Waals surface area contributed by atoms with E-state index in [2.05, 4.69) is 26.8 Å². The zero-order valence-electron chi connectivity index (χ0n) is 14.9. The number of aromatic nitrogens is 2. The van der Waals surface area contributed by atoms with E-state index < -0.39 is 0 Å². The molecule has 1 atom stereocenters. The van der Waals surface area contributed by atoms with Crippen LogP contribution in [0.25, 0.3) is 0 Å². The summed E-state index contributed by atoms with van der Waals surface area (Å²) < 4.78 is 5.18. The normalized spacial score (nSPS) is 26.0. The van der Waals surface area contributed by atoms with Crippen molar-refractivity contribution in [2.24, 2.45) is 0 Å². The quantitative estimate of drug-likeness (QED) is 0.814. The minimum atomic E-state index is 0.0328. The lowest BCUT2D eigenvalue weighted by molar-refractivity contribution is -0.129. The summed E-state index contributed by atoms with van der Waals surface area (Å²) in [5.41, 5.74) is 0.927. The van der Waals surface area contributed by atoms with E-state index in [0.29, 0.717) is 13.0 Å². The lowest BCUT2D eigenvalue weighted by Gasteiger charge is -2.49. The van der Waals surface area contributed by atoms with Crippen molar-refractivity contribution in [1.82, 2.24) is 19.8 Å². The number of hydrogen-bond donors (Lipinski definition) is 0. The first-order valence-electron chi connectivity index (χ1n) is 8.54. The highest BCUT2D eigenvalue weighted by molar-refractivity contribution is 5.76. The molecule has 24 heavy (non-hydrogen) atoms. The first-order valence-corrected chi connectivity index (χ1v) is 8.54. The van der Waals surface area contributed by atoms with Crippen LogP contribution in [0.2, 0.25) is 0 Å². The summed E-state index contributed by atoms with van der Waals surface area (Å²) in [6.07, 6.45) is 4.13. The molecule has 1 spiro atoms. The Hall–Kier alpha value is -1.73. The summed E-state index contributed by atoms with van der Waals surface area (Å²) in [6, 6.07) is 2.01. The molecule has 0 N–H and O–H groups in total. The van der Waals surface area contributed by atoms with Gasteiger partial charge < -0.3 is 14.5 Å². The Morgan fingerprint density at radius 2 is 2.04 bits per heavy atom. The molecule has 1 aromatic heterocycles. The second-order valence-corrected chi connectivity index (χ2v) is 6.93.